The number of H-pyrrole nitrogens is 1. The number of sulfonamides is 1. The number of halogens is 1. The summed E-state index contributed by atoms with van der Waals surface area (Å²) in [5.41, 5.74) is 0.889. The first-order chi connectivity index (χ1) is 14.9. The highest BCUT2D eigenvalue weighted by Crippen LogP contribution is 2.22. The van der Waals surface area contributed by atoms with Crippen LogP contribution in [-0.2, 0) is 16.6 Å². The zero-order valence-corrected chi connectivity index (χ0v) is 19.1. The second-order valence-electron chi connectivity index (χ2n) is 8.41. The van der Waals surface area contributed by atoms with Crippen LogP contribution in [0.25, 0.3) is 0 Å². The molecule has 4 N–H and O–H groups in total. The van der Waals surface area contributed by atoms with E-state index in [9.17, 15) is 17.6 Å². The van der Waals surface area contributed by atoms with E-state index in [1.807, 2.05) is 6.92 Å². The molecule has 1 heterocycles. The fourth-order valence-corrected chi connectivity index (χ4v) is 4.47. The monoisotopic (exact) mass is 459 g/mol. The van der Waals surface area contributed by atoms with Crippen LogP contribution in [0, 0.1) is 12.7 Å². The number of carbonyl (C=O) groups is 1. The number of aryl methyl sites for hydroxylation is 1. The van der Waals surface area contributed by atoms with E-state index in [2.05, 4.69) is 25.3 Å². The van der Waals surface area contributed by atoms with Crippen LogP contribution in [0.3, 0.4) is 0 Å². The van der Waals surface area contributed by atoms with Gasteiger partial charge < -0.3 is 15.6 Å². The smallest absolute Gasteiger partial charge is 0.255 e. The highest BCUT2D eigenvalue weighted by atomic mass is 32.2. The summed E-state index contributed by atoms with van der Waals surface area (Å²) in [6.07, 6.45) is 1.67. The number of hydrogen-bond acceptors (Lipinski definition) is 5. The molecule has 0 aliphatic carbocycles. The summed E-state index contributed by atoms with van der Waals surface area (Å²) in [5, 5.41) is 5.71. The number of imidazole rings is 1. The molecule has 3 rings (SSSR count). The third kappa shape index (κ3) is 6.38. The van der Waals surface area contributed by atoms with Gasteiger partial charge >= 0.3 is 0 Å². The number of nitrogens with one attached hydrogen (secondary N) is 4. The molecule has 0 saturated heterocycles. The summed E-state index contributed by atoms with van der Waals surface area (Å²) in [7, 11) is -3.91. The number of aromatic nitrogens is 2. The van der Waals surface area contributed by atoms with Crippen molar-refractivity contribution in [2.24, 2.45) is 0 Å². The zero-order chi connectivity index (χ0) is 23.5. The van der Waals surface area contributed by atoms with Gasteiger partial charge in [0.25, 0.3) is 5.91 Å². The number of rotatable bonds is 7. The fourth-order valence-electron chi connectivity index (χ4n) is 2.98. The Morgan fingerprint density at radius 2 is 1.88 bits per heavy atom. The molecule has 0 unspecified atom stereocenters. The molecule has 170 valence electrons. The lowest BCUT2D eigenvalue weighted by molar-refractivity contribution is 0.102. The van der Waals surface area contributed by atoms with E-state index in [4.69, 9.17) is 0 Å². The largest absolute Gasteiger partial charge is 0.379 e. The normalized spacial score (nSPS) is 11.9. The number of aromatic amines is 1. The van der Waals surface area contributed by atoms with Crippen molar-refractivity contribution in [3.63, 3.8) is 0 Å². The standard InChI is InChI=1S/C22H26FN5O3S/c1-14-24-12-19(26-14)13-25-18-8-15(21(29)27-17-7-5-6-16(23)10-17)9-20(11-18)32(30,31)28-22(2,3)4/h5-12,25,28H,13H2,1-4H3,(H,24,26)(H,27,29). The van der Waals surface area contributed by atoms with Crippen molar-refractivity contribution in [3.05, 3.63) is 71.6 Å². The van der Waals surface area contributed by atoms with Crippen molar-refractivity contribution < 1.29 is 17.6 Å². The van der Waals surface area contributed by atoms with Gasteiger partial charge in [-0.25, -0.2) is 22.5 Å². The Morgan fingerprint density at radius 1 is 1.12 bits per heavy atom. The molecule has 0 aliphatic rings. The van der Waals surface area contributed by atoms with E-state index in [1.54, 1.807) is 33.0 Å². The van der Waals surface area contributed by atoms with Gasteiger partial charge in [-0.15, -0.1) is 0 Å². The Morgan fingerprint density at radius 3 is 2.50 bits per heavy atom. The average molecular weight is 460 g/mol. The number of carbonyl (C=O) groups excluding carboxylic acids is 1. The van der Waals surface area contributed by atoms with E-state index in [1.165, 1.54) is 36.4 Å². The van der Waals surface area contributed by atoms with Gasteiger partial charge in [-0.1, -0.05) is 6.07 Å². The summed E-state index contributed by atoms with van der Waals surface area (Å²) in [5.74, 6) is -0.308. The van der Waals surface area contributed by atoms with Crippen molar-refractivity contribution in [1.82, 2.24) is 14.7 Å². The van der Waals surface area contributed by atoms with E-state index in [0.29, 0.717) is 12.2 Å². The zero-order valence-electron chi connectivity index (χ0n) is 18.3. The van der Waals surface area contributed by atoms with Crippen molar-refractivity contribution in [3.8, 4) is 0 Å². The summed E-state index contributed by atoms with van der Waals surface area (Å²) in [6.45, 7) is 7.35. The van der Waals surface area contributed by atoms with Crippen LogP contribution < -0.4 is 15.4 Å². The summed E-state index contributed by atoms with van der Waals surface area (Å²) in [4.78, 5) is 20.0. The minimum atomic E-state index is -3.91. The molecule has 1 aromatic heterocycles. The number of hydrogen-bond donors (Lipinski definition) is 4. The second kappa shape index (κ2) is 9.09. The maximum atomic E-state index is 13.5. The molecular formula is C22H26FN5O3S. The SMILES string of the molecule is Cc1ncc(CNc2cc(C(=O)Nc3cccc(F)c3)cc(S(=O)(=O)NC(C)(C)C)c2)[nH]1. The van der Waals surface area contributed by atoms with Crippen molar-refractivity contribution >= 4 is 27.3 Å². The van der Waals surface area contributed by atoms with E-state index >= 15 is 0 Å². The predicted octanol–water partition coefficient (Wildman–Crippen LogP) is 3.80. The Balaban J connectivity index is 1.94. The number of anilines is 2. The summed E-state index contributed by atoms with van der Waals surface area (Å²) in [6, 6.07) is 9.74. The first-order valence-electron chi connectivity index (χ1n) is 9.92. The number of amides is 1. The molecule has 0 fully saturated rings. The quantitative estimate of drug-likeness (QED) is 0.429. The average Bonchev–Trinajstić information content (AvgIpc) is 3.09. The van der Waals surface area contributed by atoms with Crippen LogP contribution in [0.5, 0.6) is 0 Å². The van der Waals surface area contributed by atoms with Crippen LogP contribution in [0.1, 0.15) is 42.6 Å². The highest BCUT2D eigenvalue weighted by Gasteiger charge is 2.24. The lowest BCUT2D eigenvalue weighted by Gasteiger charge is -2.21. The lowest BCUT2D eigenvalue weighted by Crippen LogP contribution is -2.40. The van der Waals surface area contributed by atoms with Gasteiger partial charge in [0, 0.05) is 22.5 Å². The molecule has 10 heteroatoms. The predicted molar refractivity (Wildman–Crippen MR) is 122 cm³/mol. The van der Waals surface area contributed by atoms with Gasteiger partial charge in [0.15, 0.2) is 0 Å². The molecule has 32 heavy (non-hydrogen) atoms. The van der Waals surface area contributed by atoms with E-state index in [0.717, 1.165) is 11.5 Å². The molecule has 8 nitrogen and oxygen atoms in total. The lowest BCUT2D eigenvalue weighted by atomic mass is 10.1. The van der Waals surface area contributed by atoms with Crippen LogP contribution in [0.4, 0.5) is 15.8 Å². The Hall–Kier alpha value is -3.24. The minimum absolute atomic E-state index is 0.0670. The van der Waals surface area contributed by atoms with Gasteiger partial charge in [-0.3, -0.25) is 4.79 Å². The molecule has 0 saturated carbocycles. The van der Waals surface area contributed by atoms with Gasteiger partial charge in [0.2, 0.25) is 10.0 Å². The van der Waals surface area contributed by atoms with Gasteiger partial charge in [-0.2, -0.15) is 0 Å². The topological polar surface area (TPSA) is 116 Å². The molecule has 0 bridgehead atoms. The molecule has 0 aliphatic heterocycles. The van der Waals surface area contributed by atoms with Crippen LogP contribution in [0.2, 0.25) is 0 Å². The fraction of sp³-hybridized carbons (Fsp3) is 0.273. The van der Waals surface area contributed by atoms with Crippen molar-refractivity contribution in [1.29, 1.82) is 0 Å². The van der Waals surface area contributed by atoms with Crippen LogP contribution >= 0.6 is 0 Å². The molecule has 2 aromatic carbocycles. The van der Waals surface area contributed by atoms with E-state index in [-0.39, 0.29) is 16.1 Å². The van der Waals surface area contributed by atoms with Gasteiger partial charge in [0.05, 0.1) is 23.3 Å². The van der Waals surface area contributed by atoms with Gasteiger partial charge in [-0.05, 0) is 64.1 Å². The summed E-state index contributed by atoms with van der Waals surface area (Å²) < 4.78 is 41.9. The maximum Gasteiger partial charge on any atom is 0.255 e. The minimum Gasteiger partial charge on any atom is -0.379 e. The Bertz CT molecular complexity index is 1230. The first-order valence-corrected chi connectivity index (χ1v) is 11.4. The number of nitrogens with zero attached hydrogens (tertiary/aromatic N) is 1. The molecule has 0 atom stereocenters. The van der Waals surface area contributed by atoms with Crippen molar-refractivity contribution in [2.45, 2.75) is 44.7 Å². The first kappa shape index (κ1) is 23.4. The number of benzene rings is 2. The second-order valence-corrected chi connectivity index (χ2v) is 10.1. The van der Waals surface area contributed by atoms with E-state index < -0.39 is 27.3 Å². The molecular weight excluding hydrogens is 433 g/mol. The summed E-state index contributed by atoms with van der Waals surface area (Å²) >= 11 is 0. The van der Waals surface area contributed by atoms with Crippen LogP contribution in [-0.4, -0.2) is 29.8 Å². The Labute approximate surface area is 186 Å². The molecule has 3 aromatic rings. The third-order valence-corrected chi connectivity index (χ3v) is 5.98. The molecule has 1 amide bonds. The molecule has 0 radical (unpaired) electrons. The highest BCUT2D eigenvalue weighted by molar-refractivity contribution is 7.89. The van der Waals surface area contributed by atoms with Crippen LogP contribution in [0.15, 0.2) is 53.6 Å². The van der Waals surface area contributed by atoms with Gasteiger partial charge in [0.1, 0.15) is 11.6 Å². The maximum absolute atomic E-state index is 13.5. The Kier molecular flexibility index (Phi) is 6.65. The third-order valence-electron chi connectivity index (χ3n) is 4.24. The van der Waals surface area contributed by atoms with Crippen molar-refractivity contribution in [2.75, 3.05) is 10.6 Å². The molecule has 0 spiro atoms.